The number of aromatic hydroxyl groups is 1. The average molecular weight is 483 g/mol. The molecule has 0 spiro atoms. The number of esters is 1. The number of phenolic OH excluding ortho intramolecular Hbond substituents is 1. The van der Waals surface area contributed by atoms with Crippen LogP contribution < -0.4 is 5.32 Å². The lowest BCUT2D eigenvalue weighted by Crippen LogP contribution is -2.40. The van der Waals surface area contributed by atoms with E-state index in [1.165, 1.54) is 4.31 Å². The van der Waals surface area contributed by atoms with Crippen molar-refractivity contribution in [2.24, 2.45) is 0 Å². The summed E-state index contributed by atoms with van der Waals surface area (Å²) in [6.45, 7) is -0.255. The zero-order chi connectivity index (χ0) is 24.2. The molecule has 0 saturated carbocycles. The molecular weight excluding hydrogens is 465 g/mol. The number of morpholine rings is 1. The number of hydrogen-bond donors (Lipinski definition) is 2. The number of sulfonamides is 1. The number of nitro benzene ring substituents is 1. The summed E-state index contributed by atoms with van der Waals surface area (Å²) >= 11 is 0. The molecule has 1 fully saturated rings. The van der Waals surface area contributed by atoms with Gasteiger partial charge in [0.1, 0.15) is 17.1 Å². The van der Waals surface area contributed by atoms with Crippen molar-refractivity contribution in [2.45, 2.75) is 4.90 Å². The summed E-state index contributed by atoms with van der Waals surface area (Å²) in [5.41, 5.74) is -1.46. The maximum atomic E-state index is 13.8. The number of benzene rings is 2. The van der Waals surface area contributed by atoms with Gasteiger partial charge in [0.05, 0.1) is 28.7 Å². The molecule has 0 radical (unpaired) electrons. The molecule has 1 heterocycles. The number of ether oxygens (including phenoxy) is 2. The number of nitrogens with one attached hydrogen (secondary N) is 1. The summed E-state index contributed by atoms with van der Waals surface area (Å²) in [6, 6.07) is 5.53. The lowest BCUT2D eigenvalue weighted by molar-refractivity contribution is -0.384. The predicted molar refractivity (Wildman–Crippen MR) is 110 cm³/mol. The van der Waals surface area contributed by atoms with E-state index in [0.717, 1.165) is 36.4 Å². The second kappa shape index (κ2) is 9.89. The van der Waals surface area contributed by atoms with E-state index in [9.17, 15) is 37.6 Å². The van der Waals surface area contributed by atoms with Crippen LogP contribution in [-0.4, -0.2) is 67.5 Å². The van der Waals surface area contributed by atoms with Gasteiger partial charge in [-0.3, -0.25) is 14.9 Å². The van der Waals surface area contributed by atoms with Crippen LogP contribution in [0.4, 0.5) is 15.8 Å². The molecule has 1 saturated heterocycles. The molecule has 1 amide bonds. The van der Waals surface area contributed by atoms with Gasteiger partial charge < -0.3 is 19.9 Å². The van der Waals surface area contributed by atoms with Crippen LogP contribution in [0.1, 0.15) is 10.4 Å². The third kappa shape index (κ3) is 5.60. The molecule has 14 heteroatoms. The number of nitro groups is 1. The SMILES string of the molecule is O=C(COC(=O)c1cc(S(=O)(=O)N2CCOCC2)ccc1O)Nc1cc([N+](=O)[O-])ccc1F. The summed E-state index contributed by atoms with van der Waals surface area (Å²) in [5, 5.41) is 22.8. The molecule has 33 heavy (non-hydrogen) atoms. The topological polar surface area (TPSA) is 165 Å². The Balaban J connectivity index is 1.69. The largest absolute Gasteiger partial charge is 0.507 e. The molecular formula is C19H18FN3O9S. The lowest BCUT2D eigenvalue weighted by atomic mass is 10.2. The number of amides is 1. The van der Waals surface area contributed by atoms with Crippen molar-refractivity contribution < 1.29 is 41.9 Å². The minimum atomic E-state index is -3.96. The summed E-state index contributed by atoms with van der Waals surface area (Å²) in [6.07, 6.45) is 0. The van der Waals surface area contributed by atoms with Crippen molar-refractivity contribution >= 4 is 33.3 Å². The van der Waals surface area contributed by atoms with Crippen molar-refractivity contribution in [2.75, 3.05) is 38.2 Å². The third-order valence-electron chi connectivity index (χ3n) is 4.56. The van der Waals surface area contributed by atoms with Gasteiger partial charge in [-0.25, -0.2) is 17.6 Å². The fourth-order valence-corrected chi connectivity index (χ4v) is 4.33. The van der Waals surface area contributed by atoms with Crippen molar-refractivity contribution in [3.05, 3.63) is 57.9 Å². The van der Waals surface area contributed by atoms with Crippen molar-refractivity contribution in [1.82, 2.24) is 4.31 Å². The summed E-state index contributed by atoms with van der Waals surface area (Å²) in [7, 11) is -3.96. The van der Waals surface area contributed by atoms with Crippen LogP contribution >= 0.6 is 0 Å². The second-order valence-electron chi connectivity index (χ2n) is 6.74. The molecule has 12 nitrogen and oxygen atoms in total. The van der Waals surface area contributed by atoms with E-state index in [2.05, 4.69) is 0 Å². The molecule has 1 aliphatic heterocycles. The Morgan fingerprint density at radius 1 is 1.21 bits per heavy atom. The minimum Gasteiger partial charge on any atom is -0.507 e. The van der Waals surface area contributed by atoms with E-state index >= 15 is 0 Å². The molecule has 0 unspecified atom stereocenters. The molecule has 176 valence electrons. The number of anilines is 1. The van der Waals surface area contributed by atoms with Crippen LogP contribution in [0.15, 0.2) is 41.3 Å². The Labute approximate surface area is 186 Å². The summed E-state index contributed by atoms with van der Waals surface area (Å²) in [5.74, 6) is -3.74. The number of carbonyl (C=O) groups excluding carboxylic acids is 2. The van der Waals surface area contributed by atoms with Crippen molar-refractivity contribution in [3.63, 3.8) is 0 Å². The molecule has 0 bridgehead atoms. The fourth-order valence-electron chi connectivity index (χ4n) is 2.89. The molecule has 1 aliphatic rings. The minimum absolute atomic E-state index is 0.122. The maximum Gasteiger partial charge on any atom is 0.342 e. The molecule has 3 rings (SSSR count). The van der Waals surface area contributed by atoms with Crippen LogP contribution in [-0.2, 0) is 24.3 Å². The van der Waals surface area contributed by atoms with Crippen LogP contribution in [0.2, 0.25) is 0 Å². The first kappa shape index (κ1) is 24.0. The number of hydrogen-bond acceptors (Lipinski definition) is 9. The number of phenols is 1. The van der Waals surface area contributed by atoms with Gasteiger partial charge in [-0.1, -0.05) is 0 Å². The zero-order valence-corrected chi connectivity index (χ0v) is 17.7. The van der Waals surface area contributed by atoms with Gasteiger partial charge in [-0.05, 0) is 24.3 Å². The fraction of sp³-hybridized carbons (Fsp3) is 0.263. The first-order valence-electron chi connectivity index (χ1n) is 9.41. The normalized spacial score (nSPS) is 14.5. The number of non-ortho nitro benzene ring substituents is 1. The van der Waals surface area contributed by atoms with Gasteiger partial charge in [0, 0.05) is 25.2 Å². The predicted octanol–water partition coefficient (Wildman–Crippen LogP) is 1.26. The lowest BCUT2D eigenvalue weighted by Gasteiger charge is -2.26. The van der Waals surface area contributed by atoms with Gasteiger partial charge >= 0.3 is 5.97 Å². The highest BCUT2D eigenvalue weighted by Gasteiger charge is 2.28. The Morgan fingerprint density at radius 3 is 2.58 bits per heavy atom. The molecule has 0 aliphatic carbocycles. The number of carbonyl (C=O) groups is 2. The van der Waals surface area contributed by atoms with Gasteiger partial charge in [-0.15, -0.1) is 0 Å². The van der Waals surface area contributed by atoms with Gasteiger partial charge in [0.15, 0.2) is 6.61 Å². The van der Waals surface area contributed by atoms with E-state index in [-0.39, 0.29) is 31.2 Å². The van der Waals surface area contributed by atoms with E-state index in [1.54, 1.807) is 0 Å². The average Bonchev–Trinajstić information content (AvgIpc) is 2.79. The highest BCUT2D eigenvalue weighted by molar-refractivity contribution is 7.89. The number of halogens is 1. The monoisotopic (exact) mass is 483 g/mol. The van der Waals surface area contributed by atoms with Gasteiger partial charge in [-0.2, -0.15) is 4.31 Å². The summed E-state index contributed by atoms with van der Waals surface area (Å²) in [4.78, 5) is 34.1. The van der Waals surface area contributed by atoms with E-state index in [0.29, 0.717) is 0 Å². The third-order valence-corrected chi connectivity index (χ3v) is 6.46. The Morgan fingerprint density at radius 2 is 1.91 bits per heavy atom. The van der Waals surface area contributed by atoms with E-state index in [1.807, 2.05) is 5.32 Å². The van der Waals surface area contributed by atoms with Gasteiger partial charge in [0.2, 0.25) is 10.0 Å². The Hall–Kier alpha value is -3.62. The summed E-state index contributed by atoms with van der Waals surface area (Å²) < 4.78 is 50.3. The van der Waals surface area contributed by atoms with Crippen LogP contribution in [0, 0.1) is 15.9 Å². The molecule has 2 N–H and O–H groups in total. The van der Waals surface area contributed by atoms with Crippen LogP contribution in [0.3, 0.4) is 0 Å². The molecule has 0 atom stereocenters. The van der Waals surface area contributed by atoms with Crippen molar-refractivity contribution in [1.29, 1.82) is 0 Å². The standard InChI is InChI=1S/C19H18FN3O9S/c20-15-3-1-12(23(27)28)9-16(15)21-18(25)11-32-19(26)14-10-13(2-4-17(14)24)33(29,30)22-5-7-31-8-6-22/h1-4,9-10,24H,5-8,11H2,(H,21,25). The highest BCUT2D eigenvalue weighted by Crippen LogP contribution is 2.25. The number of rotatable bonds is 7. The van der Waals surface area contributed by atoms with Crippen LogP contribution in [0.5, 0.6) is 5.75 Å². The zero-order valence-electron chi connectivity index (χ0n) is 16.9. The first-order chi connectivity index (χ1) is 15.6. The first-order valence-corrected chi connectivity index (χ1v) is 10.9. The highest BCUT2D eigenvalue weighted by atomic mass is 32.2. The van der Waals surface area contributed by atoms with E-state index < -0.39 is 61.9 Å². The number of nitrogens with zero attached hydrogens (tertiary/aromatic N) is 2. The molecule has 0 aromatic heterocycles. The Kier molecular flexibility index (Phi) is 7.20. The second-order valence-corrected chi connectivity index (χ2v) is 8.68. The smallest absolute Gasteiger partial charge is 0.342 e. The quantitative estimate of drug-likeness (QED) is 0.335. The van der Waals surface area contributed by atoms with Crippen molar-refractivity contribution in [3.8, 4) is 5.75 Å². The molecule has 2 aromatic carbocycles. The maximum absolute atomic E-state index is 13.8. The van der Waals surface area contributed by atoms with Gasteiger partial charge in [0.25, 0.3) is 11.6 Å². The Bertz CT molecular complexity index is 1200. The molecule has 2 aromatic rings. The van der Waals surface area contributed by atoms with Crippen LogP contribution in [0.25, 0.3) is 0 Å². The van der Waals surface area contributed by atoms with E-state index in [4.69, 9.17) is 9.47 Å².